The van der Waals surface area contributed by atoms with E-state index in [0.717, 1.165) is 31.4 Å². The van der Waals surface area contributed by atoms with Gasteiger partial charge in [0, 0.05) is 23.7 Å². The van der Waals surface area contributed by atoms with E-state index >= 15 is 0 Å². The summed E-state index contributed by atoms with van der Waals surface area (Å²) in [6.07, 6.45) is 4.12. The highest BCUT2D eigenvalue weighted by atomic mass is 35.5. The van der Waals surface area contributed by atoms with Crippen LogP contribution in [0.4, 0.5) is 0 Å². The summed E-state index contributed by atoms with van der Waals surface area (Å²) in [4.78, 5) is 0. The zero-order valence-electron chi connectivity index (χ0n) is 10.6. The van der Waals surface area contributed by atoms with Crippen molar-refractivity contribution in [2.45, 2.75) is 38.3 Å². The van der Waals surface area contributed by atoms with Crippen molar-refractivity contribution in [3.63, 3.8) is 0 Å². The molecule has 0 saturated heterocycles. The van der Waals surface area contributed by atoms with E-state index in [1.807, 2.05) is 0 Å². The van der Waals surface area contributed by atoms with E-state index in [9.17, 15) is 5.11 Å². The van der Waals surface area contributed by atoms with Gasteiger partial charge in [-0.15, -0.1) is 0 Å². The second-order valence-electron chi connectivity index (χ2n) is 5.06. The molecule has 2 unspecified atom stereocenters. The average Bonchev–Trinajstić information content (AvgIpc) is 2.40. The molecule has 0 spiro atoms. The van der Waals surface area contributed by atoms with Gasteiger partial charge in [-0.05, 0) is 30.9 Å². The zero-order valence-corrected chi connectivity index (χ0v) is 12.9. The van der Waals surface area contributed by atoms with Crippen LogP contribution in [0.15, 0.2) is 12.1 Å². The molecule has 5 heteroatoms. The van der Waals surface area contributed by atoms with Crippen LogP contribution in [0.2, 0.25) is 15.1 Å². The molecule has 1 fully saturated rings. The lowest BCUT2D eigenvalue weighted by molar-refractivity contribution is 0.0695. The maximum atomic E-state index is 9.91. The number of aliphatic hydroxyl groups excluding tert-OH is 1. The number of hydrogen-bond acceptors (Lipinski definition) is 2. The Bertz CT molecular complexity index is 439. The van der Waals surface area contributed by atoms with Gasteiger partial charge < -0.3 is 10.4 Å². The molecule has 0 heterocycles. The van der Waals surface area contributed by atoms with Gasteiger partial charge in [0.25, 0.3) is 0 Å². The molecule has 2 atom stereocenters. The Balaban J connectivity index is 1.90. The molecule has 0 aliphatic heterocycles. The van der Waals surface area contributed by atoms with Gasteiger partial charge in [0.1, 0.15) is 0 Å². The van der Waals surface area contributed by atoms with Crippen LogP contribution in [0.3, 0.4) is 0 Å². The summed E-state index contributed by atoms with van der Waals surface area (Å²) in [5.41, 5.74) is 0.820. The Morgan fingerprint density at radius 3 is 2.53 bits per heavy atom. The molecule has 1 aliphatic rings. The van der Waals surface area contributed by atoms with E-state index < -0.39 is 0 Å². The Labute approximate surface area is 129 Å². The number of aliphatic hydroxyl groups is 1. The second-order valence-corrected chi connectivity index (χ2v) is 6.26. The average molecular weight is 323 g/mol. The summed E-state index contributed by atoms with van der Waals surface area (Å²) >= 11 is 18.2. The summed E-state index contributed by atoms with van der Waals surface area (Å²) in [5, 5.41) is 14.9. The lowest BCUT2D eigenvalue weighted by Gasteiger charge is -2.27. The molecule has 2 nitrogen and oxygen atoms in total. The standard InChI is InChI=1S/C14H18Cl3NO/c15-11-5-6-12(16)14(17)10(11)8-18-7-9-3-1-2-4-13(9)19/h5-6,9,13,18-19H,1-4,7-8H2. The first-order valence-electron chi connectivity index (χ1n) is 6.60. The molecule has 0 amide bonds. The number of benzene rings is 1. The van der Waals surface area contributed by atoms with Crippen molar-refractivity contribution < 1.29 is 5.11 Å². The van der Waals surface area contributed by atoms with Gasteiger partial charge in [0.05, 0.1) is 16.1 Å². The molecule has 1 aromatic carbocycles. The highest BCUT2D eigenvalue weighted by Gasteiger charge is 2.22. The Hall–Kier alpha value is 0.01000. The van der Waals surface area contributed by atoms with Gasteiger partial charge in [-0.2, -0.15) is 0 Å². The smallest absolute Gasteiger partial charge is 0.0652 e. The fourth-order valence-electron chi connectivity index (χ4n) is 2.54. The minimum Gasteiger partial charge on any atom is -0.393 e. The van der Waals surface area contributed by atoms with Crippen LogP contribution in [0, 0.1) is 5.92 Å². The van der Waals surface area contributed by atoms with E-state index in [1.165, 1.54) is 6.42 Å². The van der Waals surface area contributed by atoms with Crippen molar-refractivity contribution in [2.24, 2.45) is 5.92 Å². The Morgan fingerprint density at radius 1 is 1.11 bits per heavy atom. The fraction of sp³-hybridized carbons (Fsp3) is 0.571. The Morgan fingerprint density at radius 2 is 1.79 bits per heavy atom. The lowest BCUT2D eigenvalue weighted by atomic mass is 9.86. The molecule has 2 N–H and O–H groups in total. The number of nitrogens with one attached hydrogen (secondary N) is 1. The lowest BCUT2D eigenvalue weighted by Crippen LogP contribution is -2.33. The molecule has 1 aromatic rings. The van der Waals surface area contributed by atoms with Crippen molar-refractivity contribution in [1.29, 1.82) is 0 Å². The SMILES string of the molecule is OC1CCCCC1CNCc1c(Cl)ccc(Cl)c1Cl. The third kappa shape index (κ3) is 3.99. The van der Waals surface area contributed by atoms with Gasteiger partial charge in [-0.25, -0.2) is 0 Å². The molecule has 106 valence electrons. The van der Waals surface area contributed by atoms with Gasteiger partial charge in [-0.1, -0.05) is 47.6 Å². The zero-order chi connectivity index (χ0) is 13.8. The molecule has 19 heavy (non-hydrogen) atoms. The number of rotatable bonds is 4. The number of hydrogen-bond donors (Lipinski definition) is 2. The topological polar surface area (TPSA) is 32.3 Å². The molecule has 2 rings (SSSR count). The van der Waals surface area contributed by atoms with Crippen molar-refractivity contribution in [1.82, 2.24) is 5.32 Å². The van der Waals surface area contributed by atoms with Gasteiger partial charge in [0.15, 0.2) is 0 Å². The summed E-state index contributed by atoms with van der Waals surface area (Å²) < 4.78 is 0. The summed E-state index contributed by atoms with van der Waals surface area (Å²) in [5.74, 6) is 0.325. The van der Waals surface area contributed by atoms with Crippen LogP contribution in [0.25, 0.3) is 0 Å². The predicted octanol–water partition coefficient (Wildman–Crippen LogP) is 4.29. The summed E-state index contributed by atoms with van der Waals surface area (Å²) in [6, 6.07) is 3.45. The van der Waals surface area contributed by atoms with E-state index in [2.05, 4.69) is 5.32 Å². The first-order chi connectivity index (χ1) is 9.09. The van der Waals surface area contributed by atoms with Crippen molar-refractivity contribution in [3.05, 3.63) is 32.8 Å². The molecule has 0 aromatic heterocycles. The first-order valence-corrected chi connectivity index (χ1v) is 7.74. The second kappa shape index (κ2) is 7.14. The minimum absolute atomic E-state index is 0.188. The quantitative estimate of drug-likeness (QED) is 0.811. The van der Waals surface area contributed by atoms with Crippen LogP contribution < -0.4 is 5.32 Å². The van der Waals surface area contributed by atoms with Crippen LogP contribution in [0.1, 0.15) is 31.2 Å². The van der Waals surface area contributed by atoms with E-state index in [0.29, 0.717) is 27.5 Å². The maximum absolute atomic E-state index is 9.91. The van der Waals surface area contributed by atoms with Crippen LogP contribution in [0.5, 0.6) is 0 Å². The number of halogens is 3. The summed E-state index contributed by atoms with van der Waals surface area (Å²) in [6.45, 7) is 1.35. The predicted molar refractivity (Wildman–Crippen MR) is 81.1 cm³/mol. The van der Waals surface area contributed by atoms with Gasteiger partial charge >= 0.3 is 0 Å². The normalized spacial score (nSPS) is 23.6. The van der Waals surface area contributed by atoms with Crippen molar-refractivity contribution in [3.8, 4) is 0 Å². The van der Waals surface area contributed by atoms with Crippen LogP contribution in [-0.2, 0) is 6.54 Å². The minimum atomic E-state index is -0.188. The fourth-order valence-corrected chi connectivity index (χ4v) is 3.22. The molecular formula is C14H18Cl3NO. The van der Waals surface area contributed by atoms with Crippen LogP contribution >= 0.6 is 34.8 Å². The van der Waals surface area contributed by atoms with Gasteiger partial charge in [0.2, 0.25) is 0 Å². The highest BCUT2D eigenvalue weighted by Crippen LogP contribution is 2.31. The Kier molecular flexibility index (Phi) is 5.79. The third-order valence-corrected chi connectivity index (χ3v) is 4.91. The molecule has 0 radical (unpaired) electrons. The van der Waals surface area contributed by atoms with E-state index in [1.54, 1.807) is 12.1 Å². The van der Waals surface area contributed by atoms with Gasteiger partial charge in [-0.3, -0.25) is 0 Å². The largest absolute Gasteiger partial charge is 0.393 e. The monoisotopic (exact) mass is 321 g/mol. The summed E-state index contributed by atoms with van der Waals surface area (Å²) in [7, 11) is 0. The van der Waals surface area contributed by atoms with E-state index in [4.69, 9.17) is 34.8 Å². The van der Waals surface area contributed by atoms with Crippen LogP contribution in [-0.4, -0.2) is 17.8 Å². The molecule has 1 saturated carbocycles. The third-order valence-electron chi connectivity index (χ3n) is 3.72. The highest BCUT2D eigenvalue weighted by molar-refractivity contribution is 6.44. The molecule has 1 aliphatic carbocycles. The first kappa shape index (κ1) is 15.4. The molecule has 0 bridgehead atoms. The van der Waals surface area contributed by atoms with Crippen molar-refractivity contribution >= 4 is 34.8 Å². The van der Waals surface area contributed by atoms with Crippen molar-refractivity contribution in [2.75, 3.05) is 6.54 Å². The molecular weight excluding hydrogens is 305 g/mol. The maximum Gasteiger partial charge on any atom is 0.0652 e. The van der Waals surface area contributed by atoms with E-state index in [-0.39, 0.29) is 6.10 Å².